The fourth-order valence-corrected chi connectivity index (χ4v) is 1.88. The minimum atomic E-state index is -1.20. The van der Waals surface area contributed by atoms with Crippen LogP contribution in [0.15, 0.2) is 30.6 Å². The van der Waals surface area contributed by atoms with Gasteiger partial charge in [0.2, 0.25) is 0 Å². The highest BCUT2D eigenvalue weighted by molar-refractivity contribution is 5.79. The van der Waals surface area contributed by atoms with E-state index in [9.17, 15) is 10.1 Å². The summed E-state index contributed by atoms with van der Waals surface area (Å²) in [5.74, 6) is -0.505. The molecule has 2 aromatic rings. The Kier molecular flexibility index (Phi) is 3.52. The molecule has 0 N–H and O–H groups in total. The number of pyridine rings is 1. The average Bonchev–Trinajstić information content (AvgIpc) is 2.80. The summed E-state index contributed by atoms with van der Waals surface area (Å²) in [5, 5.41) is 9.23. The molecule has 0 aromatic carbocycles. The predicted molar refractivity (Wildman–Crippen MR) is 69.2 cm³/mol. The van der Waals surface area contributed by atoms with E-state index in [0.717, 1.165) is 5.65 Å². The van der Waals surface area contributed by atoms with E-state index in [1.54, 1.807) is 13.8 Å². The highest BCUT2D eigenvalue weighted by Crippen LogP contribution is 2.23. The summed E-state index contributed by atoms with van der Waals surface area (Å²) in [6.45, 7) is 3.57. The number of imidazole rings is 1. The number of hydrogen-bond donors (Lipinski definition) is 0. The van der Waals surface area contributed by atoms with Crippen LogP contribution in [0.3, 0.4) is 0 Å². The van der Waals surface area contributed by atoms with E-state index in [0.29, 0.717) is 5.69 Å². The van der Waals surface area contributed by atoms with Crippen molar-refractivity contribution in [1.29, 1.82) is 5.26 Å². The maximum absolute atomic E-state index is 11.8. The molecular formula is C14H15N3O2. The number of rotatable bonds is 4. The Bertz CT molecular complexity index is 608. The Balaban J connectivity index is 2.27. The van der Waals surface area contributed by atoms with Crippen molar-refractivity contribution in [2.24, 2.45) is 5.41 Å². The van der Waals surface area contributed by atoms with E-state index in [-0.39, 0.29) is 13.0 Å². The molecule has 0 aliphatic rings. The summed E-state index contributed by atoms with van der Waals surface area (Å²) in [4.78, 5) is 16.2. The fourth-order valence-electron chi connectivity index (χ4n) is 1.88. The SMILES string of the molecule is CCOC(=O)C(C)(C#N)Cc1cn2ccccc2n1. The fraction of sp³-hybridized carbons (Fsp3) is 0.357. The van der Waals surface area contributed by atoms with Gasteiger partial charge in [-0.1, -0.05) is 6.07 Å². The number of aromatic nitrogens is 2. The van der Waals surface area contributed by atoms with Gasteiger partial charge in [-0.15, -0.1) is 0 Å². The highest BCUT2D eigenvalue weighted by atomic mass is 16.5. The lowest BCUT2D eigenvalue weighted by molar-refractivity contribution is -0.151. The van der Waals surface area contributed by atoms with Gasteiger partial charge in [0, 0.05) is 18.8 Å². The summed E-state index contributed by atoms with van der Waals surface area (Å²) >= 11 is 0. The molecule has 2 aromatic heterocycles. The number of carbonyl (C=O) groups is 1. The van der Waals surface area contributed by atoms with Gasteiger partial charge in [0.05, 0.1) is 18.4 Å². The highest BCUT2D eigenvalue weighted by Gasteiger charge is 2.36. The van der Waals surface area contributed by atoms with Crippen LogP contribution in [-0.2, 0) is 16.0 Å². The Hall–Kier alpha value is -2.35. The van der Waals surface area contributed by atoms with Crippen LogP contribution in [0.5, 0.6) is 0 Å². The summed E-state index contributed by atoms with van der Waals surface area (Å²) in [6.07, 6.45) is 3.94. The molecule has 0 saturated carbocycles. The molecule has 1 unspecified atom stereocenters. The number of hydrogen-bond acceptors (Lipinski definition) is 4. The molecule has 2 rings (SSSR count). The van der Waals surface area contributed by atoms with E-state index in [4.69, 9.17) is 4.74 Å². The van der Waals surface area contributed by atoms with Crippen LogP contribution >= 0.6 is 0 Å². The van der Waals surface area contributed by atoms with Gasteiger partial charge in [-0.05, 0) is 26.0 Å². The van der Waals surface area contributed by atoms with Crippen molar-refractivity contribution >= 4 is 11.6 Å². The molecule has 19 heavy (non-hydrogen) atoms. The van der Waals surface area contributed by atoms with Crippen LogP contribution in [0.25, 0.3) is 5.65 Å². The first-order valence-electron chi connectivity index (χ1n) is 6.10. The maximum Gasteiger partial charge on any atom is 0.326 e. The summed E-state index contributed by atoms with van der Waals surface area (Å²) < 4.78 is 6.81. The van der Waals surface area contributed by atoms with Crippen LogP contribution in [0.2, 0.25) is 0 Å². The van der Waals surface area contributed by atoms with Gasteiger partial charge in [0.25, 0.3) is 0 Å². The van der Waals surface area contributed by atoms with E-state index in [1.165, 1.54) is 0 Å². The number of ether oxygens (including phenoxy) is 1. The molecule has 0 saturated heterocycles. The molecule has 0 aliphatic carbocycles. The van der Waals surface area contributed by atoms with Crippen molar-refractivity contribution in [3.8, 4) is 6.07 Å². The molecule has 1 atom stereocenters. The van der Waals surface area contributed by atoms with Crippen LogP contribution in [0.4, 0.5) is 0 Å². The van der Waals surface area contributed by atoms with E-state index >= 15 is 0 Å². The number of fused-ring (bicyclic) bond motifs is 1. The molecule has 2 heterocycles. The lowest BCUT2D eigenvalue weighted by atomic mass is 9.87. The van der Waals surface area contributed by atoms with Crippen LogP contribution in [0.1, 0.15) is 19.5 Å². The standard InChI is InChI=1S/C14H15N3O2/c1-3-19-13(18)14(2,10-15)8-11-9-17-7-5-4-6-12(17)16-11/h4-7,9H,3,8H2,1-2H3. The molecule has 0 spiro atoms. The molecule has 0 fully saturated rings. The monoisotopic (exact) mass is 257 g/mol. The molecule has 0 amide bonds. The van der Waals surface area contributed by atoms with Crippen LogP contribution in [0, 0.1) is 16.7 Å². The molecule has 5 heteroatoms. The summed E-state index contributed by atoms with van der Waals surface area (Å²) in [6, 6.07) is 7.69. The zero-order valence-corrected chi connectivity index (χ0v) is 11.0. The molecule has 0 aliphatic heterocycles. The third-order valence-electron chi connectivity index (χ3n) is 2.92. The van der Waals surface area contributed by atoms with Crippen LogP contribution < -0.4 is 0 Å². The van der Waals surface area contributed by atoms with Gasteiger partial charge < -0.3 is 9.14 Å². The van der Waals surface area contributed by atoms with Gasteiger partial charge in [-0.3, -0.25) is 4.79 Å². The van der Waals surface area contributed by atoms with Crippen molar-refractivity contribution in [3.63, 3.8) is 0 Å². The van der Waals surface area contributed by atoms with Gasteiger partial charge in [0.1, 0.15) is 5.65 Å². The second kappa shape index (κ2) is 5.11. The Labute approximate surface area is 111 Å². The number of esters is 1. The van der Waals surface area contributed by atoms with Crippen LogP contribution in [-0.4, -0.2) is 22.0 Å². The summed E-state index contributed by atoms with van der Waals surface area (Å²) in [5.41, 5.74) is 0.290. The third-order valence-corrected chi connectivity index (χ3v) is 2.92. The molecule has 0 bridgehead atoms. The number of carbonyl (C=O) groups excluding carboxylic acids is 1. The second-order valence-electron chi connectivity index (χ2n) is 4.54. The predicted octanol–water partition coefficient (Wildman–Crippen LogP) is 1.97. The van der Waals surface area contributed by atoms with E-state index in [2.05, 4.69) is 4.98 Å². The Morgan fingerprint density at radius 1 is 1.58 bits per heavy atom. The van der Waals surface area contributed by atoms with Crippen molar-refractivity contribution in [2.75, 3.05) is 6.61 Å². The van der Waals surface area contributed by atoms with Crippen molar-refractivity contribution in [3.05, 3.63) is 36.3 Å². The lowest BCUT2D eigenvalue weighted by Crippen LogP contribution is -2.30. The van der Waals surface area contributed by atoms with Crippen molar-refractivity contribution in [1.82, 2.24) is 9.38 Å². The number of nitriles is 1. The Morgan fingerprint density at radius 3 is 3.00 bits per heavy atom. The second-order valence-corrected chi connectivity index (χ2v) is 4.54. The van der Waals surface area contributed by atoms with Crippen molar-refractivity contribution in [2.45, 2.75) is 20.3 Å². The zero-order valence-electron chi connectivity index (χ0n) is 11.0. The quantitative estimate of drug-likeness (QED) is 0.785. The first-order chi connectivity index (χ1) is 9.09. The third kappa shape index (κ3) is 2.58. The smallest absolute Gasteiger partial charge is 0.326 e. The lowest BCUT2D eigenvalue weighted by Gasteiger charge is -2.17. The first kappa shape index (κ1) is 13.1. The molecular weight excluding hydrogens is 242 g/mol. The first-order valence-corrected chi connectivity index (χ1v) is 6.10. The Morgan fingerprint density at radius 2 is 2.37 bits per heavy atom. The topological polar surface area (TPSA) is 67.4 Å². The molecule has 5 nitrogen and oxygen atoms in total. The summed E-state index contributed by atoms with van der Waals surface area (Å²) in [7, 11) is 0. The average molecular weight is 257 g/mol. The van der Waals surface area contributed by atoms with Gasteiger partial charge in [-0.2, -0.15) is 5.26 Å². The van der Waals surface area contributed by atoms with Gasteiger partial charge in [0.15, 0.2) is 5.41 Å². The van der Waals surface area contributed by atoms with E-state index < -0.39 is 11.4 Å². The van der Waals surface area contributed by atoms with Gasteiger partial charge >= 0.3 is 5.97 Å². The normalized spacial score (nSPS) is 13.7. The van der Waals surface area contributed by atoms with Gasteiger partial charge in [-0.25, -0.2) is 4.98 Å². The zero-order chi connectivity index (χ0) is 13.9. The van der Waals surface area contributed by atoms with E-state index in [1.807, 2.05) is 41.1 Å². The maximum atomic E-state index is 11.8. The molecule has 0 radical (unpaired) electrons. The molecule has 98 valence electrons. The minimum absolute atomic E-state index is 0.240. The number of nitrogens with zero attached hydrogens (tertiary/aromatic N) is 3. The van der Waals surface area contributed by atoms with Crippen molar-refractivity contribution < 1.29 is 9.53 Å². The largest absolute Gasteiger partial charge is 0.465 e. The minimum Gasteiger partial charge on any atom is -0.465 e.